The number of hydrogen-bond acceptors (Lipinski definition) is 2. The number of nitrogens with zero attached hydrogens (tertiary/aromatic N) is 1. The molecule has 1 aromatic carbocycles. The molecule has 0 aliphatic rings. The van der Waals surface area contributed by atoms with E-state index >= 15 is 0 Å². The number of amides is 1. The first-order valence-corrected chi connectivity index (χ1v) is 4.78. The SMILES string of the molecule is NC(=O)c1c[c]c(-n2ccccc2=O)cc1F. The fourth-order valence-electron chi connectivity index (χ4n) is 1.41. The van der Waals surface area contributed by atoms with E-state index in [1.807, 2.05) is 0 Å². The first-order valence-electron chi connectivity index (χ1n) is 4.78. The average Bonchev–Trinajstić information content (AvgIpc) is 2.29. The standard InChI is InChI=1S/C12H8FN2O2/c13-10-7-8(4-5-9(10)12(14)17)15-6-2-1-3-11(15)16/h1-3,5-7H,(H2,14,17). The lowest BCUT2D eigenvalue weighted by Crippen LogP contribution is -2.17. The monoisotopic (exact) mass is 231 g/mol. The van der Waals surface area contributed by atoms with Crippen molar-refractivity contribution in [1.82, 2.24) is 4.57 Å². The third kappa shape index (κ3) is 2.08. The second kappa shape index (κ2) is 4.21. The van der Waals surface area contributed by atoms with Crippen LogP contribution in [0.25, 0.3) is 5.69 Å². The average molecular weight is 231 g/mol. The summed E-state index contributed by atoms with van der Waals surface area (Å²) in [4.78, 5) is 22.3. The molecule has 2 N–H and O–H groups in total. The van der Waals surface area contributed by atoms with E-state index in [1.165, 1.54) is 16.8 Å². The highest BCUT2D eigenvalue weighted by Gasteiger charge is 2.09. The highest BCUT2D eigenvalue weighted by molar-refractivity contribution is 5.93. The Hall–Kier alpha value is -2.43. The third-order valence-electron chi connectivity index (χ3n) is 2.23. The molecule has 0 atom stereocenters. The smallest absolute Gasteiger partial charge is 0.255 e. The second-order valence-corrected chi connectivity index (χ2v) is 3.35. The fourth-order valence-corrected chi connectivity index (χ4v) is 1.41. The molecule has 0 aliphatic carbocycles. The van der Waals surface area contributed by atoms with Crippen LogP contribution in [0.4, 0.5) is 4.39 Å². The van der Waals surface area contributed by atoms with Gasteiger partial charge in [0.25, 0.3) is 11.5 Å². The maximum atomic E-state index is 13.5. The number of carbonyl (C=O) groups excluding carboxylic acids is 1. The number of rotatable bonds is 2. The molecule has 0 saturated carbocycles. The van der Waals surface area contributed by atoms with Crippen LogP contribution in [-0.4, -0.2) is 10.5 Å². The molecule has 0 unspecified atom stereocenters. The van der Waals surface area contributed by atoms with Crippen LogP contribution in [0.3, 0.4) is 0 Å². The van der Waals surface area contributed by atoms with E-state index in [4.69, 9.17) is 5.73 Å². The molecular weight excluding hydrogens is 223 g/mol. The number of halogens is 1. The first kappa shape index (κ1) is 11.1. The minimum absolute atomic E-state index is 0.220. The van der Waals surface area contributed by atoms with Crippen molar-refractivity contribution < 1.29 is 9.18 Å². The van der Waals surface area contributed by atoms with Crippen molar-refractivity contribution >= 4 is 5.91 Å². The molecule has 0 fully saturated rings. The Morgan fingerprint density at radius 3 is 2.76 bits per heavy atom. The van der Waals surface area contributed by atoms with E-state index in [0.717, 1.165) is 12.1 Å². The number of hydrogen-bond donors (Lipinski definition) is 1. The van der Waals surface area contributed by atoms with Crippen LogP contribution < -0.4 is 11.3 Å². The number of pyridine rings is 1. The van der Waals surface area contributed by atoms with Crippen molar-refractivity contribution in [3.63, 3.8) is 0 Å². The molecule has 0 saturated heterocycles. The highest BCUT2D eigenvalue weighted by Crippen LogP contribution is 2.11. The van der Waals surface area contributed by atoms with E-state index in [1.54, 1.807) is 12.1 Å². The Kier molecular flexibility index (Phi) is 2.74. The molecular formula is C12H8FN2O2. The first-order chi connectivity index (χ1) is 8.09. The summed E-state index contributed by atoms with van der Waals surface area (Å²) in [6.07, 6.45) is 1.48. The van der Waals surface area contributed by atoms with Crippen LogP contribution in [0.1, 0.15) is 10.4 Å². The highest BCUT2D eigenvalue weighted by atomic mass is 19.1. The summed E-state index contributed by atoms with van der Waals surface area (Å²) < 4.78 is 14.7. The van der Waals surface area contributed by atoms with Crippen molar-refractivity contribution in [3.8, 4) is 5.69 Å². The Bertz CT molecular complexity index is 634. The summed E-state index contributed by atoms with van der Waals surface area (Å²) in [5, 5.41) is 0. The lowest BCUT2D eigenvalue weighted by atomic mass is 10.2. The summed E-state index contributed by atoms with van der Waals surface area (Å²) in [6.45, 7) is 0. The number of carbonyl (C=O) groups is 1. The van der Waals surface area contributed by atoms with Gasteiger partial charge in [0.15, 0.2) is 0 Å². The van der Waals surface area contributed by atoms with E-state index < -0.39 is 11.7 Å². The molecule has 1 heterocycles. The number of primary amides is 1. The van der Waals surface area contributed by atoms with Gasteiger partial charge in [-0.2, -0.15) is 0 Å². The van der Waals surface area contributed by atoms with Gasteiger partial charge in [-0.3, -0.25) is 14.2 Å². The quantitative estimate of drug-likeness (QED) is 0.833. The molecule has 0 bridgehead atoms. The van der Waals surface area contributed by atoms with Crippen molar-refractivity contribution in [2.24, 2.45) is 5.73 Å². The molecule has 1 amide bonds. The summed E-state index contributed by atoms with van der Waals surface area (Å²) in [6, 6.07) is 9.36. The molecule has 2 aromatic rings. The Balaban J connectivity index is 2.56. The Labute approximate surface area is 96.1 Å². The largest absolute Gasteiger partial charge is 0.366 e. The molecule has 17 heavy (non-hydrogen) atoms. The van der Waals surface area contributed by atoms with Crippen LogP contribution in [0.5, 0.6) is 0 Å². The van der Waals surface area contributed by atoms with Crippen molar-refractivity contribution in [1.29, 1.82) is 0 Å². The van der Waals surface area contributed by atoms with Gasteiger partial charge in [0.1, 0.15) is 5.82 Å². The number of benzene rings is 1. The minimum Gasteiger partial charge on any atom is -0.366 e. The Morgan fingerprint density at radius 1 is 1.41 bits per heavy atom. The summed E-state index contributed by atoms with van der Waals surface area (Å²) >= 11 is 0. The Morgan fingerprint density at radius 2 is 2.18 bits per heavy atom. The zero-order valence-corrected chi connectivity index (χ0v) is 8.68. The van der Waals surface area contributed by atoms with E-state index in [-0.39, 0.29) is 16.8 Å². The van der Waals surface area contributed by atoms with Crippen LogP contribution in [0, 0.1) is 11.9 Å². The van der Waals surface area contributed by atoms with Gasteiger partial charge < -0.3 is 5.73 Å². The van der Waals surface area contributed by atoms with Crippen molar-refractivity contribution in [2.75, 3.05) is 0 Å². The zero-order chi connectivity index (χ0) is 12.4. The maximum absolute atomic E-state index is 13.5. The topological polar surface area (TPSA) is 65.1 Å². The molecule has 5 heteroatoms. The van der Waals surface area contributed by atoms with Gasteiger partial charge in [0, 0.05) is 18.3 Å². The van der Waals surface area contributed by atoms with Crippen LogP contribution in [0.15, 0.2) is 41.3 Å². The van der Waals surface area contributed by atoms with Gasteiger partial charge in [0.2, 0.25) is 0 Å². The van der Waals surface area contributed by atoms with Gasteiger partial charge in [-0.15, -0.1) is 0 Å². The van der Waals surface area contributed by atoms with Gasteiger partial charge in [-0.05, 0) is 18.2 Å². The van der Waals surface area contributed by atoms with Gasteiger partial charge in [-0.25, -0.2) is 4.39 Å². The lowest BCUT2D eigenvalue weighted by Gasteiger charge is -2.05. The fraction of sp³-hybridized carbons (Fsp3) is 0. The normalized spacial score (nSPS) is 10.2. The summed E-state index contributed by atoms with van der Waals surface area (Å²) in [5.41, 5.74) is 4.62. The third-order valence-corrected chi connectivity index (χ3v) is 2.23. The molecule has 0 spiro atoms. The lowest BCUT2D eigenvalue weighted by molar-refractivity contribution is 0.0996. The van der Waals surface area contributed by atoms with Gasteiger partial charge >= 0.3 is 0 Å². The van der Waals surface area contributed by atoms with Gasteiger partial charge in [-0.1, -0.05) is 6.07 Å². The molecule has 4 nitrogen and oxygen atoms in total. The summed E-state index contributed by atoms with van der Waals surface area (Å²) in [7, 11) is 0. The molecule has 1 radical (unpaired) electrons. The van der Waals surface area contributed by atoms with Crippen LogP contribution in [0.2, 0.25) is 0 Å². The predicted octanol–water partition coefficient (Wildman–Crippen LogP) is 0.876. The summed E-state index contributed by atoms with van der Waals surface area (Å²) in [5.74, 6) is -1.65. The molecule has 2 rings (SSSR count). The second-order valence-electron chi connectivity index (χ2n) is 3.35. The molecule has 0 aliphatic heterocycles. The number of nitrogens with two attached hydrogens (primary N) is 1. The molecule has 1 aromatic heterocycles. The van der Waals surface area contributed by atoms with E-state index in [0.29, 0.717) is 0 Å². The van der Waals surface area contributed by atoms with Crippen molar-refractivity contribution in [2.45, 2.75) is 0 Å². The van der Waals surface area contributed by atoms with Gasteiger partial charge in [0.05, 0.1) is 11.3 Å². The molecule has 85 valence electrons. The maximum Gasteiger partial charge on any atom is 0.255 e. The zero-order valence-electron chi connectivity index (χ0n) is 8.68. The van der Waals surface area contributed by atoms with Crippen molar-refractivity contribution in [3.05, 3.63) is 64.3 Å². The predicted molar refractivity (Wildman–Crippen MR) is 59.4 cm³/mol. The van der Waals surface area contributed by atoms with E-state index in [9.17, 15) is 14.0 Å². The van der Waals surface area contributed by atoms with E-state index in [2.05, 4.69) is 6.07 Å². The van der Waals surface area contributed by atoms with Crippen LogP contribution in [-0.2, 0) is 0 Å². The van der Waals surface area contributed by atoms with Crippen LogP contribution >= 0.6 is 0 Å². The minimum atomic E-state index is -0.870. The number of aromatic nitrogens is 1.